The molecule has 0 unspecified atom stereocenters. The molecule has 6 heteroatoms. The molecule has 0 N–H and O–H groups in total. The lowest BCUT2D eigenvalue weighted by Gasteiger charge is -2.31. The highest BCUT2D eigenvalue weighted by atomic mass is 35.5. The van der Waals surface area contributed by atoms with Gasteiger partial charge in [-0.15, -0.1) is 0 Å². The van der Waals surface area contributed by atoms with Crippen molar-refractivity contribution in [2.24, 2.45) is 0 Å². The highest BCUT2D eigenvalue weighted by molar-refractivity contribution is 6.30. The molecule has 0 bridgehead atoms. The van der Waals surface area contributed by atoms with Gasteiger partial charge in [0.2, 0.25) is 5.89 Å². The van der Waals surface area contributed by atoms with Gasteiger partial charge in [0.15, 0.2) is 0 Å². The molecule has 4 rings (SSSR count). The molecule has 3 aromatic rings. The first-order valence-corrected chi connectivity index (χ1v) is 10.8. The molecule has 158 valence electrons. The van der Waals surface area contributed by atoms with Crippen LogP contribution in [0.4, 0.5) is 0 Å². The molecular formula is C24H27ClN2O3. The Balaban J connectivity index is 1.36. The fourth-order valence-corrected chi connectivity index (χ4v) is 3.84. The zero-order valence-electron chi connectivity index (χ0n) is 17.4. The summed E-state index contributed by atoms with van der Waals surface area (Å²) in [6.45, 7) is 7.27. The van der Waals surface area contributed by atoms with E-state index in [4.69, 9.17) is 30.5 Å². The lowest BCUT2D eigenvalue weighted by molar-refractivity contribution is 0.0960. The molecule has 2 aromatic carbocycles. The van der Waals surface area contributed by atoms with E-state index in [1.54, 1.807) is 0 Å². The van der Waals surface area contributed by atoms with Crippen molar-refractivity contribution < 1.29 is 13.9 Å². The molecule has 0 atom stereocenters. The summed E-state index contributed by atoms with van der Waals surface area (Å²) in [5, 5.41) is 0.725. The van der Waals surface area contributed by atoms with E-state index in [9.17, 15) is 0 Å². The normalized spacial score (nSPS) is 15.3. The van der Waals surface area contributed by atoms with Crippen molar-refractivity contribution in [2.75, 3.05) is 19.7 Å². The van der Waals surface area contributed by atoms with Crippen molar-refractivity contribution in [1.29, 1.82) is 0 Å². The molecule has 5 nitrogen and oxygen atoms in total. The molecule has 2 heterocycles. The van der Waals surface area contributed by atoms with Gasteiger partial charge in [-0.2, -0.15) is 0 Å². The summed E-state index contributed by atoms with van der Waals surface area (Å²) in [4.78, 5) is 7.19. The van der Waals surface area contributed by atoms with Gasteiger partial charge < -0.3 is 13.9 Å². The summed E-state index contributed by atoms with van der Waals surface area (Å²) in [6, 6.07) is 15.4. The first kappa shape index (κ1) is 20.8. The first-order valence-electron chi connectivity index (χ1n) is 10.5. The average molecular weight is 427 g/mol. The van der Waals surface area contributed by atoms with Crippen LogP contribution in [0.25, 0.3) is 11.5 Å². The number of halogens is 1. The smallest absolute Gasteiger partial charge is 0.230 e. The quantitative estimate of drug-likeness (QED) is 0.481. The second kappa shape index (κ2) is 9.54. The Hall–Kier alpha value is -2.50. The Kier molecular flexibility index (Phi) is 6.60. The van der Waals surface area contributed by atoms with E-state index in [-0.39, 0.29) is 6.10 Å². The fraction of sp³-hybridized carbons (Fsp3) is 0.375. The summed E-state index contributed by atoms with van der Waals surface area (Å²) in [6.07, 6.45) is 2.20. The minimum Gasteiger partial charge on any atom is -0.493 e. The van der Waals surface area contributed by atoms with E-state index in [0.717, 1.165) is 66.0 Å². The lowest BCUT2D eigenvalue weighted by Crippen LogP contribution is -2.38. The van der Waals surface area contributed by atoms with E-state index >= 15 is 0 Å². The molecule has 0 saturated carbocycles. The van der Waals surface area contributed by atoms with Crippen LogP contribution in [-0.2, 0) is 6.54 Å². The first-order chi connectivity index (χ1) is 14.6. The molecule has 1 fully saturated rings. The third-order valence-corrected chi connectivity index (χ3v) is 5.59. The van der Waals surface area contributed by atoms with Crippen LogP contribution in [0.2, 0.25) is 5.02 Å². The van der Waals surface area contributed by atoms with Crippen molar-refractivity contribution in [1.82, 2.24) is 9.88 Å². The van der Waals surface area contributed by atoms with E-state index in [0.29, 0.717) is 12.5 Å². The third kappa shape index (κ3) is 4.97. The summed E-state index contributed by atoms with van der Waals surface area (Å²) in [5.41, 5.74) is 1.87. The number of hydrogen-bond donors (Lipinski definition) is 0. The summed E-state index contributed by atoms with van der Waals surface area (Å²) < 4.78 is 17.8. The average Bonchev–Trinajstić information content (AvgIpc) is 3.12. The van der Waals surface area contributed by atoms with Crippen LogP contribution in [0.5, 0.6) is 11.5 Å². The van der Waals surface area contributed by atoms with Gasteiger partial charge in [-0.3, -0.25) is 4.90 Å². The Labute approximate surface area is 182 Å². The number of piperidine rings is 1. The highest BCUT2D eigenvalue weighted by Gasteiger charge is 2.23. The minimum absolute atomic E-state index is 0.231. The fourth-order valence-electron chi connectivity index (χ4n) is 3.72. The van der Waals surface area contributed by atoms with Gasteiger partial charge in [0, 0.05) is 24.7 Å². The van der Waals surface area contributed by atoms with Crippen molar-refractivity contribution >= 4 is 11.6 Å². The van der Waals surface area contributed by atoms with Crippen molar-refractivity contribution in [3.05, 3.63) is 65.0 Å². The van der Waals surface area contributed by atoms with Crippen molar-refractivity contribution in [3.8, 4) is 23.0 Å². The van der Waals surface area contributed by atoms with Crippen molar-refractivity contribution in [2.45, 2.75) is 39.3 Å². The molecule has 1 aliphatic rings. The van der Waals surface area contributed by atoms with E-state index in [1.807, 2.05) is 62.4 Å². The number of rotatable bonds is 7. The Bertz CT molecular complexity index is 963. The predicted molar refractivity (Wildman–Crippen MR) is 118 cm³/mol. The minimum atomic E-state index is 0.231. The van der Waals surface area contributed by atoms with Crippen LogP contribution in [0.3, 0.4) is 0 Å². The number of oxazole rings is 1. The van der Waals surface area contributed by atoms with Crippen LogP contribution >= 0.6 is 11.6 Å². The molecule has 30 heavy (non-hydrogen) atoms. The van der Waals surface area contributed by atoms with Gasteiger partial charge in [0.25, 0.3) is 0 Å². The van der Waals surface area contributed by atoms with Crippen LogP contribution in [-0.4, -0.2) is 35.7 Å². The Morgan fingerprint density at radius 1 is 1.10 bits per heavy atom. The molecule has 0 spiro atoms. The standard InChI is InChI=1S/C24H27ClN2O3/c1-3-28-23-7-5-4-6-21(23)24-26-22(17(2)29-24)16-27-14-12-20(13-15-27)30-19-10-8-18(25)9-11-19/h4-11,20H,3,12-16H2,1-2H3. The Morgan fingerprint density at radius 2 is 1.83 bits per heavy atom. The van der Waals surface area contributed by atoms with Crippen LogP contribution in [0.15, 0.2) is 52.9 Å². The SMILES string of the molecule is CCOc1ccccc1-c1nc(CN2CCC(Oc3ccc(Cl)cc3)CC2)c(C)o1. The van der Waals surface area contributed by atoms with E-state index < -0.39 is 0 Å². The van der Waals surface area contributed by atoms with E-state index in [2.05, 4.69) is 4.90 Å². The number of aryl methyl sites for hydroxylation is 1. The topological polar surface area (TPSA) is 47.7 Å². The van der Waals surface area contributed by atoms with Crippen LogP contribution in [0, 0.1) is 6.92 Å². The maximum Gasteiger partial charge on any atom is 0.230 e. The number of aromatic nitrogens is 1. The van der Waals surface area contributed by atoms with Gasteiger partial charge in [0.05, 0.1) is 17.9 Å². The molecule has 0 radical (unpaired) electrons. The summed E-state index contributed by atoms with van der Waals surface area (Å²) in [7, 11) is 0. The number of para-hydroxylation sites is 1. The highest BCUT2D eigenvalue weighted by Crippen LogP contribution is 2.31. The largest absolute Gasteiger partial charge is 0.493 e. The predicted octanol–water partition coefficient (Wildman–Crippen LogP) is 5.75. The Morgan fingerprint density at radius 3 is 2.57 bits per heavy atom. The number of hydrogen-bond acceptors (Lipinski definition) is 5. The maximum atomic E-state index is 6.10. The van der Waals surface area contributed by atoms with Gasteiger partial charge in [-0.25, -0.2) is 4.98 Å². The number of likely N-dealkylation sites (tertiary alicyclic amines) is 1. The van der Waals surface area contributed by atoms with Gasteiger partial charge in [-0.1, -0.05) is 23.7 Å². The van der Waals surface area contributed by atoms with Crippen LogP contribution in [0.1, 0.15) is 31.2 Å². The third-order valence-electron chi connectivity index (χ3n) is 5.33. The molecule has 0 aliphatic carbocycles. The van der Waals surface area contributed by atoms with Gasteiger partial charge in [-0.05, 0) is 63.1 Å². The van der Waals surface area contributed by atoms with Crippen LogP contribution < -0.4 is 9.47 Å². The second-order valence-corrected chi connectivity index (χ2v) is 7.93. The monoisotopic (exact) mass is 426 g/mol. The summed E-state index contributed by atoms with van der Waals surface area (Å²) >= 11 is 5.95. The summed E-state index contributed by atoms with van der Waals surface area (Å²) in [5.74, 6) is 3.15. The number of benzene rings is 2. The zero-order chi connectivity index (χ0) is 20.9. The second-order valence-electron chi connectivity index (χ2n) is 7.50. The molecule has 1 saturated heterocycles. The van der Waals surface area contributed by atoms with Gasteiger partial charge >= 0.3 is 0 Å². The molecule has 1 aromatic heterocycles. The lowest BCUT2D eigenvalue weighted by atomic mass is 10.1. The zero-order valence-corrected chi connectivity index (χ0v) is 18.2. The van der Waals surface area contributed by atoms with E-state index in [1.165, 1.54) is 0 Å². The molecule has 1 aliphatic heterocycles. The number of nitrogens with zero attached hydrogens (tertiary/aromatic N) is 2. The molecule has 0 amide bonds. The molecular weight excluding hydrogens is 400 g/mol. The van der Waals surface area contributed by atoms with Gasteiger partial charge in [0.1, 0.15) is 23.4 Å². The van der Waals surface area contributed by atoms with Crippen molar-refractivity contribution in [3.63, 3.8) is 0 Å². The maximum absolute atomic E-state index is 6.10. The number of ether oxygens (including phenoxy) is 2.